The number of hydrogen-bond acceptors (Lipinski definition) is 7. The summed E-state index contributed by atoms with van der Waals surface area (Å²) in [5.74, 6) is -1.77. The molecular weight excluding hydrogens is 739 g/mol. The second kappa shape index (κ2) is 42.2. The second-order valence-corrected chi connectivity index (χ2v) is 17.7. The molecule has 0 saturated carbocycles. The zero-order chi connectivity index (χ0) is 43.5. The molecule has 2 unspecified atom stereocenters. The van der Waals surface area contributed by atoms with Crippen molar-refractivity contribution in [1.29, 1.82) is 0 Å². The van der Waals surface area contributed by atoms with Crippen LogP contribution in [0, 0.1) is 0 Å². The van der Waals surface area contributed by atoms with E-state index < -0.39 is 18.1 Å². The number of ether oxygens (including phenoxy) is 3. The van der Waals surface area contributed by atoms with E-state index in [4.69, 9.17) is 14.2 Å². The summed E-state index contributed by atoms with van der Waals surface area (Å²) < 4.78 is 17.2. The van der Waals surface area contributed by atoms with Gasteiger partial charge in [0.05, 0.1) is 40.3 Å². The van der Waals surface area contributed by atoms with Crippen molar-refractivity contribution in [2.45, 2.75) is 231 Å². The fraction of sp³-hybridized carbons (Fsp3) is 0.824. The molecule has 0 bridgehead atoms. The van der Waals surface area contributed by atoms with Gasteiger partial charge in [-0.1, -0.05) is 172 Å². The second-order valence-electron chi connectivity index (χ2n) is 17.7. The van der Waals surface area contributed by atoms with Crippen LogP contribution < -0.4 is 5.11 Å². The summed E-state index contributed by atoms with van der Waals surface area (Å²) in [6.07, 6.45) is 48.9. The first-order valence-electron chi connectivity index (χ1n) is 24.5. The van der Waals surface area contributed by atoms with Gasteiger partial charge in [-0.15, -0.1) is 0 Å². The number of quaternary nitrogens is 1. The smallest absolute Gasteiger partial charge is 0.306 e. The van der Waals surface area contributed by atoms with E-state index in [2.05, 4.69) is 50.3 Å². The first-order chi connectivity index (χ1) is 28.6. The van der Waals surface area contributed by atoms with Gasteiger partial charge in [0, 0.05) is 19.3 Å². The number of nitrogens with zero attached hydrogens (tertiary/aromatic N) is 1. The summed E-state index contributed by atoms with van der Waals surface area (Å²) in [5.41, 5.74) is 0. The van der Waals surface area contributed by atoms with Gasteiger partial charge < -0.3 is 28.6 Å². The standard InChI is InChI=1S/C51H93NO7/c1-6-8-10-12-14-16-18-20-22-24-25-26-28-29-31-33-35-37-39-41-49(53)58-46-47(45-57-44-43-48(51(55)56)52(3,4)5)59-50(54)42-40-38-36-34-32-30-27-23-21-19-17-15-13-11-9-7-2/h23-25,27,30,32,47-48H,6-22,26,28-29,31,33-46H2,1-5H3/b25-24+,27-23+,32-30+. The molecule has 8 nitrogen and oxygen atoms in total. The van der Waals surface area contributed by atoms with Gasteiger partial charge in [0.25, 0.3) is 0 Å². The van der Waals surface area contributed by atoms with Gasteiger partial charge in [-0.3, -0.25) is 9.59 Å². The van der Waals surface area contributed by atoms with E-state index in [1.807, 2.05) is 0 Å². The van der Waals surface area contributed by atoms with Crippen molar-refractivity contribution in [3.05, 3.63) is 36.5 Å². The van der Waals surface area contributed by atoms with Crippen LogP contribution in [0.15, 0.2) is 36.5 Å². The zero-order valence-corrected chi connectivity index (χ0v) is 39.2. The van der Waals surface area contributed by atoms with Gasteiger partial charge in [-0.05, 0) is 64.2 Å². The molecule has 344 valence electrons. The lowest BCUT2D eigenvalue weighted by Crippen LogP contribution is -2.55. The number of carboxylic acids is 1. The number of esters is 2. The average molecular weight is 832 g/mol. The van der Waals surface area contributed by atoms with E-state index in [0.717, 1.165) is 51.4 Å². The Labute approximate surface area is 364 Å². The molecule has 0 spiro atoms. The summed E-state index contributed by atoms with van der Waals surface area (Å²) in [6, 6.07) is -0.731. The maximum Gasteiger partial charge on any atom is 0.306 e. The first-order valence-corrected chi connectivity index (χ1v) is 24.5. The van der Waals surface area contributed by atoms with Crippen LogP contribution >= 0.6 is 0 Å². The van der Waals surface area contributed by atoms with Crippen LogP contribution in [-0.4, -0.2) is 75.5 Å². The highest BCUT2D eigenvalue weighted by atomic mass is 16.6. The van der Waals surface area contributed by atoms with E-state index in [0.29, 0.717) is 6.42 Å². The van der Waals surface area contributed by atoms with Crippen molar-refractivity contribution >= 4 is 17.9 Å². The summed E-state index contributed by atoms with van der Waals surface area (Å²) in [4.78, 5) is 36.9. The van der Waals surface area contributed by atoms with Crippen LogP contribution in [0.1, 0.15) is 219 Å². The van der Waals surface area contributed by atoms with Gasteiger partial charge in [0.15, 0.2) is 6.10 Å². The number of allylic oxidation sites excluding steroid dienone is 6. The number of aliphatic carboxylic acids is 1. The van der Waals surface area contributed by atoms with Crippen molar-refractivity contribution in [2.75, 3.05) is 41.0 Å². The Hall–Kier alpha value is -2.45. The molecule has 0 N–H and O–H groups in total. The van der Waals surface area contributed by atoms with Crippen LogP contribution in [-0.2, 0) is 28.6 Å². The van der Waals surface area contributed by atoms with Crippen LogP contribution in [0.2, 0.25) is 0 Å². The van der Waals surface area contributed by atoms with Crippen molar-refractivity contribution in [2.24, 2.45) is 0 Å². The van der Waals surface area contributed by atoms with Crippen molar-refractivity contribution in [1.82, 2.24) is 0 Å². The Bertz CT molecular complexity index is 1060. The van der Waals surface area contributed by atoms with Crippen LogP contribution in [0.3, 0.4) is 0 Å². The highest BCUT2D eigenvalue weighted by Gasteiger charge is 2.25. The lowest BCUT2D eigenvalue weighted by Gasteiger charge is -2.34. The van der Waals surface area contributed by atoms with E-state index in [-0.39, 0.29) is 49.1 Å². The number of likely N-dealkylation sites (N-methyl/N-ethyl adjacent to an activating group) is 1. The Morgan fingerprint density at radius 3 is 1.34 bits per heavy atom. The molecule has 0 rings (SSSR count). The molecule has 0 aromatic heterocycles. The normalized spacial score (nSPS) is 13.2. The third-order valence-corrected chi connectivity index (χ3v) is 11.0. The molecule has 0 heterocycles. The van der Waals surface area contributed by atoms with Crippen molar-refractivity contribution in [3.8, 4) is 0 Å². The number of unbranched alkanes of at least 4 members (excludes halogenated alkanes) is 25. The maximum absolute atomic E-state index is 12.7. The van der Waals surface area contributed by atoms with Crippen LogP contribution in [0.5, 0.6) is 0 Å². The van der Waals surface area contributed by atoms with Crippen molar-refractivity contribution in [3.63, 3.8) is 0 Å². The highest BCUT2D eigenvalue weighted by Crippen LogP contribution is 2.14. The molecule has 2 atom stereocenters. The molecule has 0 aromatic carbocycles. The average Bonchev–Trinajstić information content (AvgIpc) is 3.19. The van der Waals surface area contributed by atoms with Gasteiger partial charge >= 0.3 is 11.9 Å². The number of hydrogen-bond donors (Lipinski definition) is 0. The minimum atomic E-state index is -1.13. The zero-order valence-electron chi connectivity index (χ0n) is 39.2. The molecule has 0 amide bonds. The summed E-state index contributed by atoms with van der Waals surface area (Å²) in [6.45, 7) is 4.64. The van der Waals surface area contributed by atoms with Crippen LogP contribution in [0.4, 0.5) is 0 Å². The monoisotopic (exact) mass is 832 g/mol. The third-order valence-electron chi connectivity index (χ3n) is 11.0. The van der Waals surface area contributed by atoms with Gasteiger partial charge in [0.1, 0.15) is 12.6 Å². The lowest BCUT2D eigenvalue weighted by molar-refractivity contribution is -0.889. The fourth-order valence-corrected chi connectivity index (χ4v) is 7.17. The molecule has 0 aliphatic rings. The number of rotatable bonds is 44. The number of carboxylic acid groups (broad SMARTS) is 1. The molecule has 0 radical (unpaired) electrons. The Morgan fingerprint density at radius 2 is 0.898 bits per heavy atom. The van der Waals surface area contributed by atoms with Gasteiger partial charge in [-0.25, -0.2) is 0 Å². The van der Waals surface area contributed by atoms with E-state index in [1.54, 1.807) is 21.1 Å². The highest BCUT2D eigenvalue weighted by molar-refractivity contribution is 5.70. The maximum atomic E-state index is 12.7. The van der Waals surface area contributed by atoms with E-state index in [9.17, 15) is 19.5 Å². The summed E-state index contributed by atoms with van der Waals surface area (Å²) in [5, 5.41) is 11.6. The molecule has 0 fully saturated rings. The molecule has 8 heteroatoms. The largest absolute Gasteiger partial charge is 0.544 e. The predicted molar refractivity (Wildman–Crippen MR) is 245 cm³/mol. The number of carbonyl (C=O) groups is 3. The topological polar surface area (TPSA) is 102 Å². The minimum absolute atomic E-state index is 0.0300. The van der Waals surface area contributed by atoms with Crippen molar-refractivity contribution < 1.29 is 38.2 Å². The Kier molecular flexibility index (Phi) is 40.5. The minimum Gasteiger partial charge on any atom is -0.544 e. The van der Waals surface area contributed by atoms with Gasteiger partial charge in [0.2, 0.25) is 0 Å². The number of carbonyl (C=O) groups excluding carboxylic acids is 3. The quantitative estimate of drug-likeness (QED) is 0.0198. The summed E-state index contributed by atoms with van der Waals surface area (Å²) >= 11 is 0. The van der Waals surface area contributed by atoms with E-state index >= 15 is 0 Å². The van der Waals surface area contributed by atoms with E-state index in [1.165, 1.54) is 135 Å². The van der Waals surface area contributed by atoms with Crippen LogP contribution in [0.25, 0.3) is 0 Å². The molecule has 0 aliphatic heterocycles. The lowest BCUT2D eigenvalue weighted by atomic mass is 10.1. The Morgan fingerprint density at radius 1 is 0.508 bits per heavy atom. The molecular formula is C51H93NO7. The SMILES string of the molecule is CCCCCCCCC/C=C/C=C/CCCCCC(=O)OC(COCCC(C(=O)[O-])[N+](C)(C)C)COC(=O)CCCCCCCCC/C=C/CCCCCCCCCC. The fourth-order valence-electron chi connectivity index (χ4n) is 7.17. The summed E-state index contributed by atoms with van der Waals surface area (Å²) in [7, 11) is 5.40. The molecule has 0 aliphatic carbocycles. The molecule has 59 heavy (non-hydrogen) atoms. The predicted octanol–water partition coefficient (Wildman–Crippen LogP) is 12.5. The first kappa shape index (κ1) is 56.5. The molecule has 0 saturated heterocycles. The van der Waals surface area contributed by atoms with Gasteiger partial charge in [-0.2, -0.15) is 0 Å². The third kappa shape index (κ3) is 40.7. The Balaban J connectivity index is 4.31. The molecule has 0 aromatic rings.